The number of nitrogens with zero attached hydrogens (tertiary/aromatic N) is 2. The average molecular weight is 292 g/mol. The van der Waals surface area contributed by atoms with E-state index in [1.165, 1.54) is 11.3 Å². The molecule has 7 heteroatoms. The number of thiophene rings is 1. The fraction of sp³-hybridized carbons (Fsp3) is 0.636. The van der Waals surface area contributed by atoms with E-state index in [1.54, 1.807) is 6.07 Å². The highest BCUT2D eigenvalue weighted by Gasteiger charge is 2.21. The van der Waals surface area contributed by atoms with Gasteiger partial charge in [-0.25, -0.2) is 0 Å². The molecule has 5 nitrogen and oxygen atoms in total. The number of hydrogen-bond acceptors (Lipinski definition) is 5. The minimum absolute atomic E-state index is 0. The third-order valence-electron chi connectivity index (χ3n) is 2.86. The molecule has 0 spiro atoms. The highest BCUT2D eigenvalue weighted by atomic mass is 35.5. The summed E-state index contributed by atoms with van der Waals surface area (Å²) in [6.45, 7) is 7.13. The monoisotopic (exact) mass is 291 g/mol. The van der Waals surface area contributed by atoms with Crippen molar-refractivity contribution in [1.82, 2.24) is 10.2 Å². The molecule has 102 valence electrons. The first-order chi connectivity index (χ1) is 8.04. The van der Waals surface area contributed by atoms with Gasteiger partial charge in [-0.2, -0.15) is 0 Å². The van der Waals surface area contributed by atoms with E-state index in [4.69, 9.17) is 0 Å². The van der Waals surface area contributed by atoms with Crippen LogP contribution in [0.3, 0.4) is 0 Å². The molecule has 0 bridgehead atoms. The molecule has 1 N–H and O–H groups in total. The number of rotatable bonds is 3. The van der Waals surface area contributed by atoms with Gasteiger partial charge in [-0.05, 0) is 19.4 Å². The first kappa shape index (κ1) is 15.4. The molecule has 1 aromatic rings. The van der Waals surface area contributed by atoms with Crippen LogP contribution < -0.4 is 5.32 Å². The number of hydrogen-bond donors (Lipinski definition) is 1. The Bertz CT molecular complexity index is 403. The molecule has 2 rings (SSSR count). The van der Waals surface area contributed by atoms with Crippen molar-refractivity contribution in [3.05, 3.63) is 27.1 Å². The number of piperazine rings is 1. The summed E-state index contributed by atoms with van der Waals surface area (Å²) in [6, 6.07) is 2.64. The van der Waals surface area contributed by atoms with E-state index in [-0.39, 0.29) is 22.3 Å². The van der Waals surface area contributed by atoms with Crippen LogP contribution in [-0.4, -0.2) is 35.0 Å². The van der Waals surface area contributed by atoms with Crippen LogP contribution in [0.2, 0.25) is 0 Å². The van der Waals surface area contributed by atoms with Crippen molar-refractivity contribution < 1.29 is 4.92 Å². The van der Waals surface area contributed by atoms with Crippen LogP contribution in [-0.2, 0) is 6.54 Å². The van der Waals surface area contributed by atoms with Gasteiger partial charge in [0, 0.05) is 43.2 Å². The molecule has 2 heterocycles. The highest BCUT2D eigenvalue weighted by Crippen LogP contribution is 2.24. The minimum Gasteiger partial charge on any atom is -0.309 e. The molecule has 0 aliphatic carbocycles. The van der Waals surface area contributed by atoms with Crippen LogP contribution in [0.25, 0.3) is 0 Å². The van der Waals surface area contributed by atoms with E-state index in [0.717, 1.165) is 25.2 Å². The first-order valence-electron chi connectivity index (χ1n) is 5.75. The Morgan fingerprint density at radius 1 is 1.50 bits per heavy atom. The molecule has 1 fully saturated rings. The summed E-state index contributed by atoms with van der Waals surface area (Å²) in [6.07, 6.45) is 0. The second-order valence-electron chi connectivity index (χ2n) is 4.71. The van der Waals surface area contributed by atoms with Gasteiger partial charge in [-0.3, -0.25) is 15.0 Å². The lowest BCUT2D eigenvalue weighted by Gasteiger charge is -2.35. The van der Waals surface area contributed by atoms with Gasteiger partial charge in [-0.15, -0.1) is 12.4 Å². The van der Waals surface area contributed by atoms with Gasteiger partial charge in [-0.1, -0.05) is 11.3 Å². The molecule has 1 aliphatic heterocycles. The van der Waals surface area contributed by atoms with Gasteiger partial charge in [0.25, 0.3) is 0 Å². The average Bonchev–Trinajstić information content (AvgIpc) is 2.64. The first-order valence-corrected chi connectivity index (χ1v) is 6.63. The largest absolute Gasteiger partial charge is 0.324 e. The topological polar surface area (TPSA) is 58.4 Å². The lowest BCUT2D eigenvalue weighted by Crippen LogP contribution is -2.53. The lowest BCUT2D eigenvalue weighted by molar-refractivity contribution is -0.380. The maximum absolute atomic E-state index is 10.6. The maximum Gasteiger partial charge on any atom is 0.324 e. The van der Waals surface area contributed by atoms with Crippen molar-refractivity contribution in [2.75, 3.05) is 13.1 Å². The van der Waals surface area contributed by atoms with Gasteiger partial charge >= 0.3 is 5.00 Å². The molecule has 0 saturated carbocycles. The van der Waals surface area contributed by atoms with Crippen molar-refractivity contribution >= 4 is 28.7 Å². The normalized spacial score (nSPS) is 24.6. The van der Waals surface area contributed by atoms with Gasteiger partial charge in [0.15, 0.2) is 0 Å². The fourth-order valence-electron chi connectivity index (χ4n) is 2.37. The molecule has 1 aromatic heterocycles. The molecule has 2 unspecified atom stereocenters. The lowest BCUT2D eigenvalue weighted by atomic mass is 10.1. The van der Waals surface area contributed by atoms with E-state index < -0.39 is 0 Å². The second-order valence-corrected chi connectivity index (χ2v) is 5.60. The number of nitrogens with one attached hydrogen (secondary N) is 1. The Hall–Kier alpha value is -0.690. The maximum atomic E-state index is 10.6. The van der Waals surface area contributed by atoms with Crippen molar-refractivity contribution in [2.45, 2.75) is 32.5 Å². The molecule has 1 saturated heterocycles. The zero-order valence-electron chi connectivity index (χ0n) is 10.5. The minimum atomic E-state index is -0.322. The molecule has 0 amide bonds. The standard InChI is InChI=1S/C11H17N3O2S.ClH/c1-8-4-13(5-9(2)12-8)6-10-3-11(14(15)16)17-7-10;/h3,7-9,12H,4-6H2,1-2H3;1H. The Labute approximate surface area is 117 Å². The molecule has 1 aliphatic rings. The third-order valence-corrected chi connectivity index (χ3v) is 3.79. The van der Waals surface area contributed by atoms with Crippen LogP contribution in [0.4, 0.5) is 5.00 Å². The molecule has 18 heavy (non-hydrogen) atoms. The molecular weight excluding hydrogens is 274 g/mol. The predicted octanol–water partition coefficient (Wildman–Crippen LogP) is 2.26. The Balaban J connectivity index is 0.00000162. The fourth-order valence-corrected chi connectivity index (χ4v) is 3.09. The van der Waals surface area contributed by atoms with Crippen molar-refractivity contribution in [1.29, 1.82) is 0 Å². The van der Waals surface area contributed by atoms with Crippen LogP contribution in [0.15, 0.2) is 11.4 Å². The number of halogens is 1. The zero-order chi connectivity index (χ0) is 12.4. The number of nitro groups is 1. The van der Waals surface area contributed by atoms with Gasteiger partial charge in [0.05, 0.1) is 4.92 Å². The summed E-state index contributed by atoms with van der Waals surface area (Å²) in [7, 11) is 0. The van der Waals surface area contributed by atoms with Crippen LogP contribution in [0.1, 0.15) is 19.4 Å². The SMILES string of the molecule is CC1CN(Cc2csc([N+](=O)[O-])c2)CC(C)N1.Cl. The zero-order valence-corrected chi connectivity index (χ0v) is 12.1. The van der Waals surface area contributed by atoms with E-state index in [0.29, 0.717) is 12.1 Å². The summed E-state index contributed by atoms with van der Waals surface area (Å²) < 4.78 is 0. The second kappa shape index (κ2) is 6.47. The van der Waals surface area contributed by atoms with Crippen molar-refractivity contribution in [3.63, 3.8) is 0 Å². The summed E-state index contributed by atoms with van der Waals surface area (Å²) in [5.74, 6) is 0. The molecular formula is C11H18ClN3O2S. The third kappa shape index (κ3) is 3.91. The summed E-state index contributed by atoms with van der Waals surface area (Å²) in [4.78, 5) is 12.6. The van der Waals surface area contributed by atoms with E-state index >= 15 is 0 Å². The smallest absolute Gasteiger partial charge is 0.309 e. The van der Waals surface area contributed by atoms with Crippen molar-refractivity contribution in [2.24, 2.45) is 0 Å². The highest BCUT2D eigenvalue weighted by molar-refractivity contribution is 7.13. The van der Waals surface area contributed by atoms with Gasteiger partial charge in [0.2, 0.25) is 0 Å². The summed E-state index contributed by atoms with van der Waals surface area (Å²) >= 11 is 1.21. The van der Waals surface area contributed by atoms with Crippen LogP contribution >= 0.6 is 23.7 Å². The summed E-state index contributed by atoms with van der Waals surface area (Å²) in [5.41, 5.74) is 1.04. The van der Waals surface area contributed by atoms with Crippen molar-refractivity contribution in [3.8, 4) is 0 Å². The Kier molecular flexibility index (Phi) is 5.52. The quantitative estimate of drug-likeness (QED) is 0.685. The van der Waals surface area contributed by atoms with Gasteiger partial charge in [0.1, 0.15) is 0 Å². The molecule has 2 atom stereocenters. The summed E-state index contributed by atoms with van der Waals surface area (Å²) in [5, 5.41) is 16.2. The van der Waals surface area contributed by atoms with Crippen LogP contribution in [0, 0.1) is 10.1 Å². The van der Waals surface area contributed by atoms with E-state index in [1.807, 2.05) is 5.38 Å². The Morgan fingerprint density at radius 3 is 2.61 bits per heavy atom. The van der Waals surface area contributed by atoms with Gasteiger partial charge < -0.3 is 5.32 Å². The molecule has 0 aromatic carbocycles. The van der Waals surface area contributed by atoms with E-state index in [9.17, 15) is 10.1 Å². The molecule has 0 radical (unpaired) electrons. The van der Waals surface area contributed by atoms with E-state index in [2.05, 4.69) is 24.1 Å². The Morgan fingerprint density at radius 2 is 2.11 bits per heavy atom. The van der Waals surface area contributed by atoms with Crippen LogP contribution in [0.5, 0.6) is 0 Å². The predicted molar refractivity (Wildman–Crippen MR) is 75.6 cm³/mol.